The number of carbonyl (C=O) groups is 1. The molecule has 1 fully saturated rings. The summed E-state index contributed by atoms with van der Waals surface area (Å²) in [5, 5.41) is 8.65. The number of aromatic nitrogens is 2. The Balaban J connectivity index is 1.46. The Labute approximate surface area is 161 Å². The Kier molecular flexibility index (Phi) is 4.95. The topological polar surface area (TPSA) is 49.3 Å². The quantitative estimate of drug-likeness (QED) is 0.789. The fourth-order valence-corrected chi connectivity index (χ4v) is 3.86. The van der Waals surface area contributed by atoms with Crippen molar-refractivity contribution in [2.24, 2.45) is 0 Å². The highest BCUT2D eigenvalue weighted by atomic mass is 19.4. The lowest BCUT2D eigenvalue weighted by atomic mass is 9.97. The third-order valence-corrected chi connectivity index (χ3v) is 5.41. The van der Waals surface area contributed by atoms with Gasteiger partial charge in [0, 0.05) is 26.2 Å². The summed E-state index contributed by atoms with van der Waals surface area (Å²) in [5.74, 6) is 0.201. The largest absolute Gasteiger partial charge is 0.417 e. The number of amides is 1. The number of fused-ring (bicyclic) bond motifs is 1. The zero-order valence-electron chi connectivity index (χ0n) is 15.4. The monoisotopic (exact) mass is 390 g/mol. The Hall–Kier alpha value is -2.64. The standard InChI is InChI=1S/C20H21F3N4O/c21-20(22,23)16-7-3-2-6-15(16)19(28)27-11-9-26(10-12-27)18-13-14-5-1-4-8-17(14)24-25-18/h2-3,6-7,13H,1,4-5,8-12H2. The molecule has 0 saturated carbocycles. The minimum Gasteiger partial charge on any atom is -0.352 e. The van der Waals surface area contributed by atoms with Crippen LogP contribution in [0.4, 0.5) is 19.0 Å². The van der Waals surface area contributed by atoms with Crippen molar-refractivity contribution in [2.75, 3.05) is 31.1 Å². The van der Waals surface area contributed by atoms with Crippen molar-refractivity contribution in [1.82, 2.24) is 15.1 Å². The molecular formula is C20H21F3N4O. The van der Waals surface area contributed by atoms with E-state index in [1.807, 2.05) is 4.90 Å². The van der Waals surface area contributed by atoms with Crippen LogP contribution in [0.15, 0.2) is 30.3 Å². The first-order valence-corrected chi connectivity index (χ1v) is 9.49. The number of anilines is 1. The summed E-state index contributed by atoms with van der Waals surface area (Å²) < 4.78 is 39.6. The average molecular weight is 390 g/mol. The SMILES string of the molecule is O=C(c1ccccc1C(F)(F)F)N1CCN(c2cc3c(nn2)CCCC3)CC1. The highest BCUT2D eigenvalue weighted by Crippen LogP contribution is 2.32. The van der Waals surface area contributed by atoms with Gasteiger partial charge >= 0.3 is 6.18 Å². The third kappa shape index (κ3) is 3.68. The van der Waals surface area contributed by atoms with Crippen LogP contribution in [0.5, 0.6) is 0 Å². The fourth-order valence-electron chi connectivity index (χ4n) is 3.86. The lowest BCUT2D eigenvalue weighted by Gasteiger charge is -2.35. The first-order chi connectivity index (χ1) is 13.4. The number of hydrogen-bond donors (Lipinski definition) is 0. The molecule has 0 N–H and O–H groups in total. The van der Waals surface area contributed by atoms with Crippen molar-refractivity contribution in [2.45, 2.75) is 31.9 Å². The van der Waals surface area contributed by atoms with Crippen molar-refractivity contribution < 1.29 is 18.0 Å². The number of rotatable bonds is 2. The van der Waals surface area contributed by atoms with Crippen molar-refractivity contribution in [3.05, 3.63) is 52.7 Å². The summed E-state index contributed by atoms with van der Waals surface area (Å²) in [7, 11) is 0. The molecular weight excluding hydrogens is 369 g/mol. The summed E-state index contributed by atoms with van der Waals surface area (Å²) in [4.78, 5) is 16.2. The molecule has 2 heterocycles. The molecule has 1 aliphatic carbocycles. The van der Waals surface area contributed by atoms with Gasteiger partial charge < -0.3 is 9.80 Å². The first kappa shape index (κ1) is 18.7. The van der Waals surface area contributed by atoms with Gasteiger partial charge in [-0.2, -0.15) is 18.3 Å². The van der Waals surface area contributed by atoms with Crippen molar-refractivity contribution in [3.63, 3.8) is 0 Å². The molecule has 5 nitrogen and oxygen atoms in total. The van der Waals surface area contributed by atoms with E-state index in [1.54, 1.807) is 0 Å². The predicted octanol–water partition coefficient (Wildman–Crippen LogP) is 3.34. The molecule has 0 spiro atoms. The summed E-state index contributed by atoms with van der Waals surface area (Å²) in [5.41, 5.74) is 1.11. The van der Waals surface area contributed by atoms with E-state index in [2.05, 4.69) is 16.3 Å². The van der Waals surface area contributed by atoms with Crippen LogP contribution in [0.3, 0.4) is 0 Å². The van der Waals surface area contributed by atoms with Gasteiger partial charge in [-0.3, -0.25) is 4.79 Å². The van der Waals surface area contributed by atoms with E-state index >= 15 is 0 Å². The molecule has 2 aliphatic rings. The van der Waals surface area contributed by atoms with Crippen LogP contribution in [0.25, 0.3) is 0 Å². The van der Waals surface area contributed by atoms with E-state index in [4.69, 9.17) is 0 Å². The molecule has 1 aromatic carbocycles. The summed E-state index contributed by atoms with van der Waals surface area (Å²) in [6.07, 6.45) is -0.291. The van der Waals surface area contributed by atoms with Gasteiger partial charge in [0.25, 0.3) is 5.91 Å². The molecule has 1 aromatic heterocycles. The Morgan fingerprint density at radius 3 is 2.43 bits per heavy atom. The average Bonchev–Trinajstić information content (AvgIpc) is 2.72. The summed E-state index contributed by atoms with van der Waals surface area (Å²) >= 11 is 0. The Morgan fingerprint density at radius 1 is 0.964 bits per heavy atom. The van der Waals surface area contributed by atoms with Crippen LogP contribution in [0.2, 0.25) is 0 Å². The smallest absolute Gasteiger partial charge is 0.352 e. The number of hydrogen-bond acceptors (Lipinski definition) is 4. The lowest BCUT2D eigenvalue weighted by molar-refractivity contribution is -0.138. The second-order valence-corrected chi connectivity index (χ2v) is 7.20. The molecule has 8 heteroatoms. The van der Waals surface area contributed by atoms with Crippen LogP contribution in [-0.4, -0.2) is 47.2 Å². The molecule has 1 saturated heterocycles. The van der Waals surface area contributed by atoms with Gasteiger partial charge in [-0.05, 0) is 49.4 Å². The predicted molar refractivity (Wildman–Crippen MR) is 98.2 cm³/mol. The van der Waals surface area contributed by atoms with Gasteiger partial charge in [-0.15, -0.1) is 5.10 Å². The molecule has 0 bridgehead atoms. The molecule has 148 valence electrons. The maximum atomic E-state index is 13.2. The number of piperazine rings is 1. The van der Waals surface area contributed by atoms with Crippen LogP contribution in [0.1, 0.15) is 40.0 Å². The van der Waals surface area contributed by atoms with E-state index in [0.29, 0.717) is 26.2 Å². The maximum Gasteiger partial charge on any atom is 0.417 e. The van der Waals surface area contributed by atoms with E-state index in [9.17, 15) is 18.0 Å². The minimum atomic E-state index is -4.55. The normalized spacial score (nSPS) is 17.4. The molecule has 28 heavy (non-hydrogen) atoms. The summed E-state index contributed by atoms with van der Waals surface area (Å²) in [6.45, 7) is 1.74. The van der Waals surface area contributed by atoms with Crippen molar-refractivity contribution >= 4 is 11.7 Å². The fraction of sp³-hybridized carbons (Fsp3) is 0.450. The zero-order valence-corrected chi connectivity index (χ0v) is 15.4. The molecule has 0 atom stereocenters. The van der Waals surface area contributed by atoms with Crippen LogP contribution in [0, 0.1) is 0 Å². The Bertz CT molecular complexity index is 876. The van der Waals surface area contributed by atoms with Gasteiger partial charge in [0.05, 0.1) is 16.8 Å². The number of carbonyl (C=O) groups excluding carboxylic acids is 1. The second kappa shape index (κ2) is 7.41. The molecule has 0 unspecified atom stereocenters. The third-order valence-electron chi connectivity index (χ3n) is 5.41. The van der Waals surface area contributed by atoms with Crippen LogP contribution >= 0.6 is 0 Å². The van der Waals surface area contributed by atoms with E-state index < -0.39 is 17.6 Å². The summed E-state index contributed by atoms with van der Waals surface area (Å²) in [6, 6.07) is 7.02. The Morgan fingerprint density at radius 2 is 1.68 bits per heavy atom. The number of nitrogens with zero attached hydrogens (tertiary/aromatic N) is 4. The second-order valence-electron chi connectivity index (χ2n) is 7.20. The molecule has 1 amide bonds. The molecule has 0 radical (unpaired) electrons. The minimum absolute atomic E-state index is 0.294. The first-order valence-electron chi connectivity index (χ1n) is 9.49. The van der Waals surface area contributed by atoms with E-state index in [0.717, 1.165) is 43.3 Å². The number of aryl methyl sites for hydroxylation is 2. The van der Waals surface area contributed by atoms with Gasteiger partial charge in [0.15, 0.2) is 5.82 Å². The highest BCUT2D eigenvalue weighted by molar-refractivity contribution is 5.96. The van der Waals surface area contributed by atoms with E-state index in [-0.39, 0.29) is 5.56 Å². The number of benzene rings is 1. The van der Waals surface area contributed by atoms with Crippen molar-refractivity contribution in [1.29, 1.82) is 0 Å². The number of halogens is 3. The highest BCUT2D eigenvalue weighted by Gasteiger charge is 2.36. The zero-order chi connectivity index (χ0) is 19.7. The van der Waals surface area contributed by atoms with Gasteiger partial charge in [-0.25, -0.2) is 0 Å². The van der Waals surface area contributed by atoms with Gasteiger partial charge in [-0.1, -0.05) is 12.1 Å². The molecule has 1 aliphatic heterocycles. The molecule has 4 rings (SSSR count). The van der Waals surface area contributed by atoms with Gasteiger partial charge in [0.1, 0.15) is 0 Å². The van der Waals surface area contributed by atoms with Crippen LogP contribution in [-0.2, 0) is 19.0 Å². The van der Waals surface area contributed by atoms with Gasteiger partial charge in [0.2, 0.25) is 0 Å². The van der Waals surface area contributed by atoms with Crippen molar-refractivity contribution in [3.8, 4) is 0 Å². The maximum absolute atomic E-state index is 13.2. The lowest BCUT2D eigenvalue weighted by Crippen LogP contribution is -2.49. The number of alkyl halides is 3. The van der Waals surface area contributed by atoms with Crippen LogP contribution < -0.4 is 4.90 Å². The van der Waals surface area contributed by atoms with E-state index in [1.165, 1.54) is 28.7 Å². The molecule has 2 aromatic rings.